The Hall–Kier alpha value is -2.52. The van der Waals surface area contributed by atoms with Crippen LogP contribution in [0, 0.1) is 10.1 Å². The average Bonchev–Trinajstić information content (AvgIpc) is 3.02. The van der Waals surface area contributed by atoms with E-state index in [9.17, 15) is 14.9 Å². The maximum absolute atomic E-state index is 12.5. The van der Waals surface area contributed by atoms with Crippen LogP contribution in [0.2, 0.25) is 4.34 Å². The molecule has 1 amide bonds. The Morgan fingerprint density at radius 1 is 1.24 bits per heavy atom. The summed E-state index contributed by atoms with van der Waals surface area (Å²) in [5.41, 5.74) is -0.691. The van der Waals surface area contributed by atoms with E-state index in [0.29, 0.717) is 4.34 Å². The summed E-state index contributed by atoms with van der Waals surface area (Å²) in [6, 6.07) is 4.71. The second-order valence-electron chi connectivity index (χ2n) is 4.69. The van der Waals surface area contributed by atoms with Crippen LogP contribution >= 0.6 is 22.9 Å². The van der Waals surface area contributed by atoms with Gasteiger partial charge in [0, 0.05) is 10.9 Å². The number of carbonyl (C=O) groups excluding carboxylic acids is 1. The maximum Gasteiger partial charge on any atom is 0.327 e. The first kappa shape index (κ1) is 18.8. The van der Waals surface area contributed by atoms with E-state index in [-0.39, 0.29) is 29.4 Å². The van der Waals surface area contributed by atoms with Gasteiger partial charge < -0.3 is 19.5 Å². The number of nitro groups is 1. The number of rotatable bonds is 7. The summed E-state index contributed by atoms with van der Waals surface area (Å²) in [5.74, 6) is -0.640. The zero-order valence-corrected chi connectivity index (χ0v) is 15.2. The summed E-state index contributed by atoms with van der Waals surface area (Å²) in [6.07, 6.45) is 0. The van der Waals surface area contributed by atoms with Crippen LogP contribution in [0.3, 0.4) is 0 Å². The molecule has 0 unspecified atom stereocenters. The lowest BCUT2D eigenvalue weighted by molar-refractivity contribution is -0.386. The van der Waals surface area contributed by atoms with Gasteiger partial charge in [0.15, 0.2) is 5.75 Å². The molecule has 0 saturated heterocycles. The van der Waals surface area contributed by atoms with Gasteiger partial charge in [-0.3, -0.25) is 14.9 Å². The Bertz CT molecular complexity index is 808. The van der Waals surface area contributed by atoms with Gasteiger partial charge in [0.2, 0.25) is 11.5 Å². The number of nitrogens with one attached hydrogen (secondary N) is 1. The Balaban J connectivity index is 2.43. The molecule has 1 N–H and O–H groups in total. The molecule has 0 spiro atoms. The van der Waals surface area contributed by atoms with Crippen molar-refractivity contribution in [1.29, 1.82) is 0 Å². The summed E-state index contributed by atoms with van der Waals surface area (Å²) in [7, 11) is 3.93. The fourth-order valence-corrected chi connectivity index (χ4v) is 3.23. The Kier molecular flexibility index (Phi) is 6.05. The highest BCUT2D eigenvalue weighted by atomic mass is 35.5. The molecule has 0 aliphatic carbocycles. The average molecular weight is 387 g/mol. The van der Waals surface area contributed by atoms with E-state index in [1.807, 2.05) is 0 Å². The molecule has 1 aromatic heterocycles. The highest BCUT2D eigenvalue weighted by Crippen LogP contribution is 2.46. The largest absolute Gasteiger partial charge is 0.493 e. The van der Waals surface area contributed by atoms with Crippen molar-refractivity contribution < 1.29 is 23.9 Å². The van der Waals surface area contributed by atoms with E-state index in [0.717, 1.165) is 4.88 Å². The monoisotopic (exact) mass is 386 g/mol. The van der Waals surface area contributed by atoms with Crippen LogP contribution in [0.15, 0.2) is 18.2 Å². The van der Waals surface area contributed by atoms with Crippen molar-refractivity contribution in [3.05, 3.63) is 43.1 Å². The highest BCUT2D eigenvalue weighted by molar-refractivity contribution is 7.16. The molecule has 0 fully saturated rings. The molecular weight excluding hydrogens is 372 g/mol. The number of benzene rings is 1. The first-order valence-corrected chi connectivity index (χ1v) is 8.12. The van der Waals surface area contributed by atoms with Crippen LogP contribution in [-0.4, -0.2) is 32.2 Å². The number of amides is 1. The summed E-state index contributed by atoms with van der Waals surface area (Å²) >= 11 is 7.15. The third-order valence-electron chi connectivity index (χ3n) is 3.28. The normalized spacial score (nSPS) is 10.2. The van der Waals surface area contributed by atoms with Crippen LogP contribution in [0.4, 0.5) is 5.69 Å². The number of thiophene rings is 1. The number of halogens is 1. The minimum atomic E-state index is -0.697. The molecule has 8 nitrogen and oxygen atoms in total. The number of hydrogen-bond acceptors (Lipinski definition) is 7. The molecule has 1 heterocycles. The van der Waals surface area contributed by atoms with Crippen molar-refractivity contribution in [2.24, 2.45) is 0 Å². The van der Waals surface area contributed by atoms with Gasteiger partial charge in [0.05, 0.1) is 37.1 Å². The summed E-state index contributed by atoms with van der Waals surface area (Å²) in [5, 5.41) is 14.1. The van der Waals surface area contributed by atoms with Gasteiger partial charge >= 0.3 is 5.69 Å². The lowest BCUT2D eigenvalue weighted by Gasteiger charge is -2.14. The fourth-order valence-electron chi connectivity index (χ4n) is 2.20. The molecule has 0 atom stereocenters. The zero-order chi connectivity index (χ0) is 18.6. The number of carbonyl (C=O) groups is 1. The standard InChI is InChI=1S/C15H15ClN2O6S/c1-22-10-6-9(12(18(20)21)14(24-3)13(10)23-2)15(19)17-7-8-4-5-11(16)25-8/h4-6H,7H2,1-3H3,(H,17,19). The van der Waals surface area contributed by atoms with Crippen LogP contribution in [-0.2, 0) is 6.54 Å². The second kappa shape index (κ2) is 8.04. The van der Waals surface area contributed by atoms with Crippen LogP contribution in [0.5, 0.6) is 17.2 Å². The molecule has 0 bridgehead atoms. The van der Waals surface area contributed by atoms with Gasteiger partial charge in [0.1, 0.15) is 5.56 Å². The predicted octanol–water partition coefficient (Wildman–Crippen LogP) is 3.27. The lowest BCUT2D eigenvalue weighted by Crippen LogP contribution is -2.23. The molecule has 25 heavy (non-hydrogen) atoms. The minimum Gasteiger partial charge on any atom is -0.493 e. The van der Waals surface area contributed by atoms with E-state index in [2.05, 4.69) is 5.32 Å². The topological polar surface area (TPSA) is 99.9 Å². The van der Waals surface area contributed by atoms with Gasteiger partial charge in [0.25, 0.3) is 5.91 Å². The van der Waals surface area contributed by atoms with Gasteiger partial charge in [-0.1, -0.05) is 11.6 Å². The Labute approximate surface area is 152 Å². The Morgan fingerprint density at radius 3 is 2.40 bits per heavy atom. The van der Waals surface area contributed by atoms with Crippen molar-refractivity contribution >= 4 is 34.5 Å². The first-order valence-electron chi connectivity index (χ1n) is 6.92. The van der Waals surface area contributed by atoms with E-state index in [1.165, 1.54) is 38.7 Å². The molecule has 0 radical (unpaired) electrons. The molecular formula is C15H15ClN2O6S. The smallest absolute Gasteiger partial charge is 0.327 e. The minimum absolute atomic E-state index is 0.0401. The summed E-state index contributed by atoms with van der Waals surface area (Å²) in [4.78, 5) is 24.1. The number of nitro benzene ring substituents is 1. The third-order valence-corrected chi connectivity index (χ3v) is 4.51. The predicted molar refractivity (Wildman–Crippen MR) is 93.3 cm³/mol. The molecule has 1 aromatic carbocycles. The number of nitrogens with zero attached hydrogens (tertiary/aromatic N) is 1. The van der Waals surface area contributed by atoms with E-state index in [4.69, 9.17) is 25.8 Å². The molecule has 2 aromatic rings. The molecule has 10 heteroatoms. The highest BCUT2D eigenvalue weighted by Gasteiger charge is 2.32. The van der Waals surface area contributed by atoms with Crippen molar-refractivity contribution in [1.82, 2.24) is 5.32 Å². The fraction of sp³-hybridized carbons (Fsp3) is 0.267. The lowest BCUT2D eigenvalue weighted by atomic mass is 10.1. The third kappa shape index (κ3) is 3.94. The Morgan fingerprint density at radius 2 is 1.92 bits per heavy atom. The number of hydrogen-bond donors (Lipinski definition) is 1. The van der Waals surface area contributed by atoms with Crippen molar-refractivity contribution in [3.8, 4) is 17.2 Å². The SMILES string of the molecule is COc1cc(C(=O)NCc2ccc(Cl)s2)c([N+](=O)[O-])c(OC)c1OC. The second-order valence-corrected chi connectivity index (χ2v) is 6.49. The zero-order valence-electron chi connectivity index (χ0n) is 13.6. The van der Waals surface area contributed by atoms with E-state index in [1.54, 1.807) is 12.1 Å². The number of ether oxygens (including phenoxy) is 3. The van der Waals surface area contributed by atoms with E-state index >= 15 is 0 Å². The van der Waals surface area contributed by atoms with Crippen LogP contribution in [0.25, 0.3) is 0 Å². The van der Waals surface area contributed by atoms with Crippen molar-refractivity contribution in [3.63, 3.8) is 0 Å². The first-order chi connectivity index (χ1) is 11.9. The quantitative estimate of drug-likeness (QED) is 0.579. The number of methoxy groups -OCH3 is 3. The maximum atomic E-state index is 12.5. The van der Waals surface area contributed by atoms with Gasteiger partial charge in [-0.05, 0) is 12.1 Å². The molecule has 0 aliphatic heterocycles. The van der Waals surface area contributed by atoms with E-state index < -0.39 is 16.5 Å². The van der Waals surface area contributed by atoms with Gasteiger partial charge in [-0.25, -0.2) is 0 Å². The van der Waals surface area contributed by atoms with Gasteiger partial charge in [-0.15, -0.1) is 11.3 Å². The molecule has 2 rings (SSSR count). The molecule has 134 valence electrons. The molecule has 0 aliphatic rings. The van der Waals surface area contributed by atoms with Crippen molar-refractivity contribution in [2.45, 2.75) is 6.54 Å². The van der Waals surface area contributed by atoms with Crippen LogP contribution in [0.1, 0.15) is 15.2 Å². The molecule has 0 saturated carbocycles. The van der Waals surface area contributed by atoms with Crippen molar-refractivity contribution in [2.75, 3.05) is 21.3 Å². The van der Waals surface area contributed by atoms with Crippen LogP contribution < -0.4 is 19.5 Å². The summed E-state index contributed by atoms with van der Waals surface area (Å²) < 4.78 is 15.9. The van der Waals surface area contributed by atoms with Gasteiger partial charge in [-0.2, -0.15) is 0 Å². The summed E-state index contributed by atoms with van der Waals surface area (Å²) in [6.45, 7) is 0.185.